The topological polar surface area (TPSA) is 74.6 Å². The van der Waals surface area contributed by atoms with Gasteiger partial charge < -0.3 is 19.5 Å². The highest BCUT2D eigenvalue weighted by Gasteiger charge is 2.21. The number of nitrogens with one attached hydrogen (secondary N) is 1. The van der Waals surface area contributed by atoms with E-state index in [0.29, 0.717) is 18.8 Å². The number of fused-ring (bicyclic) bond motifs is 1. The summed E-state index contributed by atoms with van der Waals surface area (Å²) in [7, 11) is 1.60. The van der Waals surface area contributed by atoms with Gasteiger partial charge in [0.2, 0.25) is 5.91 Å². The van der Waals surface area contributed by atoms with Crippen molar-refractivity contribution in [3.8, 4) is 17.2 Å². The first kappa shape index (κ1) is 17.9. The van der Waals surface area contributed by atoms with Crippen LogP contribution in [-0.2, 0) is 17.8 Å². The number of ether oxygens (including phenoxy) is 3. The fourth-order valence-electron chi connectivity index (χ4n) is 3.06. The molecule has 0 fully saturated rings. The molecule has 0 saturated heterocycles. The first-order chi connectivity index (χ1) is 13.7. The number of benzene rings is 2. The molecule has 2 heterocycles. The van der Waals surface area contributed by atoms with Gasteiger partial charge in [-0.1, -0.05) is 24.3 Å². The van der Waals surface area contributed by atoms with Gasteiger partial charge in [0, 0.05) is 6.20 Å². The highest BCUT2D eigenvalue weighted by atomic mass is 16.6. The number of rotatable bonds is 6. The maximum Gasteiger partial charge on any atom is 0.228 e. The Morgan fingerprint density at radius 1 is 1.25 bits per heavy atom. The Balaban J connectivity index is 1.32. The SMILES string of the molecule is COc1cccc(CC(=O)Nc2cnn(CC3COc4ccccc4O3)c2)c1. The molecule has 7 nitrogen and oxygen atoms in total. The number of para-hydroxylation sites is 2. The van der Waals surface area contributed by atoms with Gasteiger partial charge in [-0.25, -0.2) is 0 Å². The molecule has 1 aromatic heterocycles. The van der Waals surface area contributed by atoms with E-state index in [-0.39, 0.29) is 18.4 Å². The fraction of sp³-hybridized carbons (Fsp3) is 0.238. The first-order valence-electron chi connectivity index (χ1n) is 9.03. The molecule has 1 N–H and O–H groups in total. The molecular weight excluding hydrogens is 358 g/mol. The lowest BCUT2D eigenvalue weighted by molar-refractivity contribution is -0.115. The highest BCUT2D eigenvalue weighted by Crippen LogP contribution is 2.31. The van der Waals surface area contributed by atoms with Gasteiger partial charge in [-0.3, -0.25) is 9.48 Å². The van der Waals surface area contributed by atoms with Crippen molar-refractivity contribution in [1.82, 2.24) is 9.78 Å². The van der Waals surface area contributed by atoms with Crippen LogP contribution in [0.4, 0.5) is 5.69 Å². The van der Waals surface area contributed by atoms with Crippen molar-refractivity contribution in [2.45, 2.75) is 19.1 Å². The summed E-state index contributed by atoms with van der Waals surface area (Å²) in [6.07, 6.45) is 3.53. The number of aromatic nitrogens is 2. The van der Waals surface area contributed by atoms with E-state index in [9.17, 15) is 4.79 Å². The summed E-state index contributed by atoms with van der Waals surface area (Å²) < 4.78 is 18.6. The monoisotopic (exact) mass is 379 g/mol. The molecule has 1 unspecified atom stereocenters. The number of methoxy groups -OCH3 is 1. The molecule has 1 aliphatic heterocycles. The molecule has 1 aliphatic rings. The summed E-state index contributed by atoms with van der Waals surface area (Å²) in [5, 5.41) is 7.17. The van der Waals surface area contributed by atoms with Crippen molar-refractivity contribution in [2.75, 3.05) is 19.0 Å². The Labute approximate surface area is 162 Å². The van der Waals surface area contributed by atoms with Crippen LogP contribution in [0.5, 0.6) is 17.2 Å². The maximum atomic E-state index is 12.3. The second-order valence-electron chi connectivity index (χ2n) is 6.53. The molecule has 1 amide bonds. The second kappa shape index (κ2) is 8.04. The maximum absolute atomic E-state index is 12.3. The number of nitrogens with zero attached hydrogens (tertiary/aromatic N) is 2. The number of anilines is 1. The molecule has 144 valence electrons. The lowest BCUT2D eigenvalue weighted by Crippen LogP contribution is -2.33. The molecule has 1 atom stereocenters. The lowest BCUT2D eigenvalue weighted by Gasteiger charge is -2.26. The molecule has 7 heteroatoms. The normalized spacial score (nSPS) is 15.1. The average Bonchev–Trinajstić information content (AvgIpc) is 3.14. The molecule has 4 rings (SSSR count). The van der Waals surface area contributed by atoms with Gasteiger partial charge in [0.05, 0.1) is 32.0 Å². The third-order valence-corrected chi connectivity index (χ3v) is 4.37. The van der Waals surface area contributed by atoms with Crippen molar-refractivity contribution in [3.05, 3.63) is 66.5 Å². The van der Waals surface area contributed by atoms with Crippen LogP contribution in [0.25, 0.3) is 0 Å². The van der Waals surface area contributed by atoms with Crippen LogP contribution in [0.2, 0.25) is 0 Å². The van der Waals surface area contributed by atoms with Crippen molar-refractivity contribution < 1.29 is 19.0 Å². The quantitative estimate of drug-likeness (QED) is 0.713. The van der Waals surface area contributed by atoms with E-state index in [4.69, 9.17) is 14.2 Å². The van der Waals surface area contributed by atoms with Gasteiger partial charge in [0.15, 0.2) is 17.6 Å². The fourth-order valence-corrected chi connectivity index (χ4v) is 3.06. The van der Waals surface area contributed by atoms with Crippen LogP contribution in [0, 0.1) is 0 Å². The summed E-state index contributed by atoms with van der Waals surface area (Å²) in [4.78, 5) is 12.3. The van der Waals surface area contributed by atoms with E-state index in [1.165, 1.54) is 0 Å². The molecular formula is C21H21N3O4. The Morgan fingerprint density at radius 3 is 2.96 bits per heavy atom. The second-order valence-corrected chi connectivity index (χ2v) is 6.53. The molecule has 0 saturated carbocycles. The van der Waals surface area contributed by atoms with Crippen molar-refractivity contribution >= 4 is 11.6 Å². The number of carbonyl (C=O) groups is 1. The number of carbonyl (C=O) groups excluding carboxylic acids is 1. The summed E-state index contributed by atoms with van der Waals surface area (Å²) in [6.45, 7) is 0.981. The van der Waals surface area contributed by atoms with Crippen LogP contribution in [0.1, 0.15) is 5.56 Å². The van der Waals surface area contributed by atoms with Crippen LogP contribution in [0.3, 0.4) is 0 Å². The number of amides is 1. The zero-order chi connectivity index (χ0) is 19.3. The molecule has 28 heavy (non-hydrogen) atoms. The first-order valence-corrected chi connectivity index (χ1v) is 9.03. The smallest absolute Gasteiger partial charge is 0.228 e. The molecule has 0 spiro atoms. The predicted molar refractivity (Wildman–Crippen MR) is 104 cm³/mol. The Morgan fingerprint density at radius 2 is 2.11 bits per heavy atom. The van der Waals surface area contributed by atoms with Crippen molar-refractivity contribution in [1.29, 1.82) is 0 Å². The third-order valence-electron chi connectivity index (χ3n) is 4.37. The van der Waals surface area contributed by atoms with Gasteiger partial charge >= 0.3 is 0 Å². The highest BCUT2D eigenvalue weighted by molar-refractivity contribution is 5.92. The van der Waals surface area contributed by atoms with Crippen LogP contribution < -0.4 is 19.5 Å². The minimum absolute atomic E-state index is 0.112. The average molecular weight is 379 g/mol. The van der Waals surface area contributed by atoms with E-state index in [2.05, 4.69) is 10.4 Å². The minimum Gasteiger partial charge on any atom is -0.497 e. The van der Waals surface area contributed by atoms with Crippen molar-refractivity contribution in [2.24, 2.45) is 0 Å². The Kier molecular flexibility index (Phi) is 5.14. The van der Waals surface area contributed by atoms with Gasteiger partial charge in [0.1, 0.15) is 12.4 Å². The standard InChI is InChI=1S/C21H21N3O4/c1-26-17-6-4-5-15(9-17)10-21(25)23-16-11-22-24(12-16)13-18-14-27-19-7-2-3-8-20(19)28-18/h2-9,11-12,18H,10,13-14H2,1H3,(H,23,25). The zero-order valence-electron chi connectivity index (χ0n) is 15.5. The Hall–Kier alpha value is -3.48. The van der Waals surface area contributed by atoms with Gasteiger partial charge in [-0.05, 0) is 29.8 Å². The molecule has 0 radical (unpaired) electrons. The molecule has 0 aliphatic carbocycles. The zero-order valence-corrected chi connectivity index (χ0v) is 15.5. The lowest BCUT2D eigenvalue weighted by atomic mass is 10.1. The van der Waals surface area contributed by atoms with E-state index < -0.39 is 0 Å². The predicted octanol–water partition coefficient (Wildman–Crippen LogP) is 2.91. The Bertz CT molecular complexity index is 970. The largest absolute Gasteiger partial charge is 0.497 e. The molecule has 2 aromatic carbocycles. The summed E-state index contributed by atoms with van der Waals surface area (Å²) in [6, 6.07) is 15.0. The van der Waals surface area contributed by atoms with Crippen molar-refractivity contribution in [3.63, 3.8) is 0 Å². The van der Waals surface area contributed by atoms with E-state index >= 15 is 0 Å². The van der Waals surface area contributed by atoms with Crippen LogP contribution in [0.15, 0.2) is 60.9 Å². The number of hydrogen-bond acceptors (Lipinski definition) is 5. The van der Waals surface area contributed by atoms with Gasteiger partial charge in [0.25, 0.3) is 0 Å². The molecule has 0 bridgehead atoms. The summed E-state index contributed by atoms with van der Waals surface area (Å²) in [5.74, 6) is 2.11. The van der Waals surface area contributed by atoms with E-state index in [1.807, 2.05) is 48.5 Å². The minimum atomic E-state index is -0.143. The van der Waals surface area contributed by atoms with Crippen LogP contribution >= 0.6 is 0 Å². The van der Waals surface area contributed by atoms with Crippen LogP contribution in [-0.4, -0.2) is 35.5 Å². The van der Waals surface area contributed by atoms with E-state index in [0.717, 1.165) is 22.8 Å². The van der Waals surface area contributed by atoms with E-state index in [1.54, 1.807) is 24.2 Å². The van der Waals surface area contributed by atoms with Gasteiger partial charge in [-0.2, -0.15) is 5.10 Å². The third kappa shape index (κ3) is 4.25. The van der Waals surface area contributed by atoms with Gasteiger partial charge in [-0.15, -0.1) is 0 Å². The summed E-state index contributed by atoms with van der Waals surface area (Å²) >= 11 is 0. The summed E-state index contributed by atoms with van der Waals surface area (Å²) in [5.41, 5.74) is 1.53. The molecule has 3 aromatic rings. The number of hydrogen-bond donors (Lipinski definition) is 1.